The van der Waals surface area contributed by atoms with Crippen molar-refractivity contribution in [2.24, 2.45) is 0 Å². The molecule has 8 nitrogen and oxygen atoms in total. The van der Waals surface area contributed by atoms with Crippen LogP contribution in [0.4, 0.5) is 16.4 Å². The lowest BCUT2D eigenvalue weighted by atomic mass is 10.0. The maximum Gasteiger partial charge on any atom is 0.412 e. The number of nitrogens with zero attached hydrogens (tertiary/aromatic N) is 2. The average Bonchev–Trinajstić information content (AvgIpc) is 2.70. The Balaban J connectivity index is 1.73. The smallest absolute Gasteiger partial charge is 0.412 e. The van der Waals surface area contributed by atoms with Crippen LogP contribution < -0.4 is 16.0 Å². The van der Waals surface area contributed by atoms with Gasteiger partial charge in [-0.25, -0.2) is 14.8 Å². The first-order valence-corrected chi connectivity index (χ1v) is 9.64. The van der Waals surface area contributed by atoms with Crippen LogP contribution in [0.1, 0.15) is 31.1 Å². The van der Waals surface area contributed by atoms with E-state index in [1.54, 1.807) is 51.4 Å². The number of rotatable bonds is 6. The van der Waals surface area contributed by atoms with Crippen LogP contribution in [0.3, 0.4) is 0 Å². The second-order valence-corrected chi connectivity index (χ2v) is 7.63. The fourth-order valence-corrected chi connectivity index (χ4v) is 2.78. The second kappa shape index (κ2) is 9.21. The number of nitrogens with one attached hydrogen (secondary N) is 3. The van der Waals surface area contributed by atoms with Crippen molar-refractivity contribution in [3.63, 3.8) is 0 Å². The number of hydrogen-bond acceptors (Lipinski definition) is 6. The van der Waals surface area contributed by atoms with E-state index in [1.807, 2.05) is 24.3 Å². The van der Waals surface area contributed by atoms with Crippen LogP contribution in [0, 0.1) is 0 Å². The lowest BCUT2D eigenvalue weighted by Gasteiger charge is -2.20. The van der Waals surface area contributed by atoms with Crippen molar-refractivity contribution < 1.29 is 14.3 Å². The van der Waals surface area contributed by atoms with Gasteiger partial charge in [0.1, 0.15) is 5.60 Å². The minimum atomic E-state index is -0.644. The molecule has 0 aliphatic rings. The molecule has 30 heavy (non-hydrogen) atoms. The molecule has 1 aromatic heterocycles. The van der Waals surface area contributed by atoms with E-state index in [9.17, 15) is 9.59 Å². The molecular weight excluding hydrogens is 382 g/mol. The maximum absolute atomic E-state index is 12.8. The van der Waals surface area contributed by atoms with Gasteiger partial charge in [0.15, 0.2) is 0 Å². The molecule has 8 heteroatoms. The predicted molar refractivity (Wildman–Crippen MR) is 117 cm³/mol. The number of anilines is 2. The predicted octanol–water partition coefficient (Wildman–Crippen LogP) is 3.82. The number of fused-ring (bicyclic) bond motifs is 1. The van der Waals surface area contributed by atoms with Crippen molar-refractivity contribution in [2.75, 3.05) is 23.7 Å². The first-order valence-electron chi connectivity index (χ1n) is 9.64. The molecule has 0 radical (unpaired) electrons. The Bertz CT molecular complexity index is 1030. The van der Waals surface area contributed by atoms with Crippen LogP contribution in [0.2, 0.25) is 0 Å². The molecule has 0 spiro atoms. The standard InChI is InChI=1S/C22H25N5O3/c1-22(2,3)30-21(29)27-18-14-16-8-5-4-7-15(16)13-17(18)19(28)23-11-12-26-20-24-9-6-10-25-20/h4-10,13-14H,11-12H2,1-3H3,(H,23,28)(H,27,29)(H,24,25,26). The van der Waals surface area contributed by atoms with E-state index < -0.39 is 11.7 Å². The van der Waals surface area contributed by atoms with E-state index in [1.165, 1.54) is 0 Å². The Morgan fingerprint density at radius 1 is 0.967 bits per heavy atom. The van der Waals surface area contributed by atoms with E-state index in [4.69, 9.17) is 4.74 Å². The van der Waals surface area contributed by atoms with E-state index >= 15 is 0 Å². The van der Waals surface area contributed by atoms with Gasteiger partial charge in [-0.15, -0.1) is 0 Å². The number of ether oxygens (including phenoxy) is 1. The van der Waals surface area contributed by atoms with Crippen molar-refractivity contribution in [3.8, 4) is 0 Å². The molecule has 0 bridgehead atoms. The van der Waals surface area contributed by atoms with Gasteiger partial charge in [-0.2, -0.15) is 0 Å². The summed E-state index contributed by atoms with van der Waals surface area (Å²) >= 11 is 0. The first-order chi connectivity index (χ1) is 14.3. The van der Waals surface area contributed by atoms with Gasteiger partial charge < -0.3 is 15.4 Å². The van der Waals surface area contributed by atoms with Gasteiger partial charge in [0.05, 0.1) is 11.3 Å². The van der Waals surface area contributed by atoms with Gasteiger partial charge in [-0.1, -0.05) is 24.3 Å². The Morgan fingerprint density at radius 2 is 1.63 bits per heavy atom. The van der Waals surface area contributed by atoms with Gasteiger partial charge in [0.2, 0.25) is 5.95 Å². The van der Waals surface area contributed by atoms with Crippen molar-refractivity contribution in [1.29, 1.82) is 0 Å². The number of benzene rings is 2. The molecule has 0 aliphatic heterocycles. The number of hydrogen-bond donors (Lipinski definition) is 3. The van der Waals surface area contributed by atoms with E-state index in [-0.39, 0.29) is 5.91 Å². The van der Waals surface area contributed by atoms with E-state index in [2.05, 4.69) is 25.9 Å². The number of amides is 2. The molecule has 3 N–H and O–H groups in total. The fourth-order valence-electron chi connectivity index (χ4n) is 2.78. The average molecular weight is 407 g/mol. The van der Waals surface area contributed by atoms with Crippen LogP contribution in [-0.4, -0.2) is 40.7 Å². The van der Waals surface area contributed by atoms with Gasteiger partial charge in [0, 0.05) is 25.5 Å². The molecule has 2 aromatic carbocycles. The monoisotopic (exact) mass is 407 g/mol. The minimum absolute atomic E-state index is 0.303. The molecule has 3 aromatic rings. The molecule has 0 atom stereocenters. The largest absolute Gasteiger partial charge is 0.444 e. The van der Waals surface area contributed by atoms with Crippen LogP contribution in [0.25, 0.3) is 10.8 Å². The lowest BCUT2D eigenvalue weighted by Crippen LogP contribution is -2.31. The van der Waals surface area contributed by atoms with Crippen LogP contribution in [-0.2, 0) is 4.74 Å². The summed E-state index contributed by atoms with van der Waals surface area (Å²) in [6.45, 7) is 6.16. The Morgan fingerprint density at radius 3 is 2.30 bits per heavy atom. The molecular formula is C22H25N5O3. The zero-order valence-corrected chi connectivity index (χ0v) is 17.2. The summed E-state index contributed by atoms with van der Waals surface area (Å²) in [6, 6.07) is 12.9. The van der Waals surface area contributed by atoms with Gasteiger partial charge >= 0.3 is 6.09 Å². The molecule has 0 saturated heterocycles. The minimum Gasteiger partial charge on any atom is -0.444 e. The summed E-state index contributed by atoms with van der Waals surface area (Å²) in [5.74, 6) is 0.187. The third kappa shape index (κ3) is 5.91. The van der Waals surface area contributed by atoms with E-state index in [0.717, 1.165) is 10.8 Å². The normalized spacial score (nSPS) is 11.0. The van der Waals surface area contributed by atoms with Crippen molar-refractivity contribution in [2.45, 2.75) is 26.4 Å². The SMILES string of the molecule is CC(C)(C)OC(=O)Nc1cc2ccccc2cc1C(=O)NCCNc1ncccn1. The Hall–Kier alpha value is -3.68. The Labute approximate surface area is 175 Å². The highest BCUT2D eigenvalue weighted by Crippen LogP contribution is 2.25. The highest BCUT2D eigenvalue weighted by atomic mass is 16.6. The third-order valence-electron chi connectivity index (χ3n) is 4.03. The quantitative estimate of drug-likeness (QED) is 0.537. The number of carbonyl (C=O) groups is 2. The summed E-state index contributed by atoms with van der Waals surface area (Å²) in [5, 5.41) is 10.4. The van der Waals surface area contributed by atoms with Crippen molar-refractivity contribution in [1.82, 2.24) is 15.3 Å². The maximum atomic E-state index is 12.8. The van der Waals surface area contributed by atoms with Crippen molar-refractivity contribution in [3.05, 3.63) is 60.4 Å². The highest BCUT2D eigenvalue weighted by Gasteiger charge is 2.19. The van der Waals surface area contributed by atoms with Crippen LogP contribution >= 0.6 is 0 Å². The molecule has 0 unspecified atom stereocenters. The van der Waals surface area contributed by atoms with Crippen LogP contribution in [0.15, 0.2) is 54.9 Å². The summed E-state index contributed by atoms with van der Waals surface area (Å²) < 4.78 is 5.33. The highest BCUT2D eigenvalue weighted by molar-refractivity contribution is 6.07. The molecule has 156 valence electrons. The molecule has 1 heterocycles. The zero-order valence-electron chi connectivity index (χ0n) is 17.2. The molecule has 2 amide bonds. The third-order valence-corrected chi connectivity index (χ3v) is 4.03. The number of carbonyl (C=O) groups excluding carboxylic acids is 2. The summed E-state index contributed by atoms with van der Waals surface area (Å²) in [4.78, 5) is 33.2. The zero-order chi connectivity index (χ0) is 21.6. The van der Waals surface area contributed by atoms with Crippen LogP contribution in [0.5, 0.6) is 0 Å². The molecule has 3 rings (SSSR count). The topological polar surface area (TPSA) is 105 Å². The number of aromatic nitrogens is 2. The molecule has 0 aliphatic carbocycles. The second-order valence-electron chi connectivity index (χ2n) is 7.63. The van der Waals surface area contributed by atoms with E-state index in [0.29, 0.717) is 30.3 Å². The van der Waals surface area contributed by atoms with Gasteiger partial charge in [-0.05, 0) is 49.7 Å². The van der Waals surface area contributed by atoms with Gasteiger partial charge in [-0.3, -0.25) is 10.1 Å². The van der Waals surface area contributed by atoms with Gasteiger partial charge in [0.25, 0.3) is 5.91 Å². The Kier molecular flexibility index (Phi) is 6.46. The summed E-state index contributed by atoms with van der Waals surface area (Å²) in [5.41, 5.74) is 0.101. The summed E-state index contributed by atoms with van der Waals surface area (Å²) in [6.07, 6.45) is 2.66. The summed E-state index contributed by atoms with van der Waals surface area (Å²) in [7, 11) is 0. The first kappa shape index (κ1) is 21.0. The lowest BCUT2D eigenvalue weighted by molar-refractivity contribution is 0.0636. The molecule has 0 fully saturated rings. The fraction of sp³-hybridized carbons (Fsp3) is 0.273. The molecule has 0 saturated carbocycles. The van der Waals surface area contributed by atoms with Crippen molar-refractivity contribution >= 4 is 34.4 Å².